The first-order chi connectivity index (χ1) is 35.6. The van der Waals surface area contributed by atoms with Crippen molar-refractivity contribution < 1.29 is 38.6 Å². The quantitative estimate of drug-likeness (QED) is 0.0597. The van der Waals surface area contributed by atoms with Crippen molar-refractivity contribution in [2.75, 3.05) is 54.9 Å². The number of carboxylic acids is 1. The van der Waals surface area contributed by atoms with E-state index in [-0.39, 0.29) is 55.0 Å². The number of imide groups is 1. The van der Waals surface area contributed by atoms with Crippen molar-refractivity contribution in [3.05, 3.63) is 124 Å². The van der Waals surface area contributed by atoms with Gasteiger partial charge in [0.1, 0.15) is 18.2 Å². The number of ether oxygens (including phenoxy) is 2. The Bertz CT molecular complexity index is 3320. The van der Waals surface area contributed by atoms with Gasteiger partial charge in [-0.15, -0.1) is 0 Å². The van der Waals surface area contributed by atoms with Crippen molar-refractivity contribution in [3.63, 3.8) is 0 Å². The van der Waals surface area contributed by atoms with Gasteiger partial charge in [0.15, 0.2) is 10.8 Å². The third-order valence-electron chi connectivity index (χ3n) is 14.3. The monoisotopic (exact) mass is 1020 g/mol. The number of hydrogen-bond acceptors (Lipinski definition) is 13. The lowest BCUT2D eigenvalue weighted by Crippen LogP contribution is -2.41. The number of fused-ring (bicyclic) bond motifs is 3. The molecule has 4 aromatic carbocycles. The largest absolute Gasteiger partial charge is 0.491 e. The number of amides is 4. The lowest BCUT2D eigenvalue weighted by Gasteiger charge is -2.33. The third-order valence-corrected chi connectivity index (χ3v) is 15.2. The summed E-state index contributed by atoms with van der Waals surface area (Å²) in [4.78, 5) is 78.5. The molecule has 7 aromatic rings. The third kappa shape index (κ3) is 10.3. The number of likely N-dealkylation sites (tertiary alicyclic amines) is 1. The van der Waals surface area contributed by atoms with Gasteiger partial charge < -0.3 is 24.8 Å². The predicted molar refractivity (Wildman–Crippen MR) is 284 cm³/mol. The Hall–Kier alpha value is -7.54. The van der Waals surface area contributed by atoms with Crippen LogP contribution in [0, 0.1) is 6.92 Å². The number of aromatic carboxylic acids is 1. The van der Waals surface area contributed by atoms with E-state index in [1.807, 2.05) is 91.9 Å². The molecule has 382 valence electrons. The number of carboxylic acid groups (broad SMARTS) is 1. The number of nitrogens with zero attached hydrogens (tertiary/aromatic N) is 6. The number of hydrogen-bond donors (Lipinski definition) is 4. The summed E-state index contributed by atoms with van der Waals surface area (Å²) in [5.41, 5.74) is 7.53. The Labute approximate surface area is 432 Å². The maximum absolute atomic E-state index is 13.8. The number of anilines is 3. The van der Waals surface area contributed by atoms with E-state index in [1.165, 1.54) is 11.3 Å². The van der Waals surface area contributed by atoms with Crippen molar-refractivity contribution in [2.24, 2.45) is 7.05 Å². The number of thiazole rings is 1. The smallest absolute Gasteiger partial charge is 0.355 e. The Balaban J connectivity index is 0.763. The van der Waals surface area contributed by atoms with E-state index in [0.717, 1.165) is 50.7 Å². The van der Waals surface area contributed by atoms with Gasteiger partial charge in [-0.3, -0.25) is 39.4 Å². The molecule has 74 heavy (non-hydrogen) atoms. The molecule has 4 N–H and O–H groups in total. The Morgan fingerprint density at radius 2 is 1.68 bits per heavy atom. The standard InChI is InChI=1S/C56H59N9O8S/c1-32-35(48-40(56(2,3)4)29-45(59-50(48)54(70)71)65-26-21-33-11-8-13-36(39(33)30-65)52(68)61-55-58-41-15-6-7-18-44(41)74-55)12-10-17-43(32)73-28-27-72-34-22-24-64(25-23-34)31-47(67)57-42-16-9-14-37-49(62-63(5)51(37)42)38-19-20-46(66)60-53(38)69/h6-18,29,34,38H,19-28,30-31H2,1-5H3,(H,57,67)(H,70,71)(H,58,61,68)(H,60,66,69). The van der Waals surface area contributed by atoms with Gasteiger partial charge >= 0.3 is 5.97 Å². The Morgan fingerprint density at radius 1 is 0.892 bits per heavy atom. The highest BCUT2D eigenvalue weighted by molar-refractivity contribution is 7.22. The van der Waals surface area contributed by atoms with Crippen LogP contribution in [-0.4, -0.2) is 105 Å². The van der Waals surface area contributed by atoms with Gasteiger partial charge in [0.2, 0.25) is 17.7 Å². The number of piperidine rings is 2. The van der Waals surface area contributed by atoms with Crippen LogP contribution in [0.15, 0.2) is 84.9 Å². The van der Waals surface area contributed by atoms with Crippen LogP contribution >= 0.6 is 11.3 Å². The average molecular weight is 1020 g/mol. The highest BCUT2D eigenvalue weighted by atomic mass is 32.1. The van der Waals surface area contributed by atoms with Gasteiger partial charge in [-0.05, 0) is 102 Å². The zero-order valence-corrected chi connectivity index (χ0v) is 42.9. The minimum atomic E-state index is -1.14. The number of aromatic nitrogens is 4. The maximum Gasteiger partial charge on any atom is 0.355 e. The first-order valence-electron chi connectivity index (χ1n) is 25.1. The van der Waals surface area contributed by atoms with Gasteiger partial charge in [0, 0.05) is 56.2 Å². The van der Waals surface area contributed by atoms with Gasteiger partial charge in [-0.2, -0.15) is 5.10 Å². The summed E-state index contributed by atoms with van der Waals surface area (Å²) in [6.45, 7) is 11.3. The number of para-hydroxylation sites is 2. The zero-order chi connectivity index (χ0) is 51.8. The molecule has 0 radical (unpaired) electrons. The summed E-state index contributed by atoms with van der Waals surface area (Å²) in [6.07, 6.45) is 2.78. The van der Waals surface area contributed by atoms with E-state index < -0.39 is 17.3 Å². The fourth-order valence-corrected chi connectivity index (χ4v) is 11.4. The lowest BCUT2D eigenvalue weighted by molar-refractivity contribution is -0.134. The van der Waals surface area contributed by atoms with Crippen molar-refractivity contribution in [3.8, 4) is 16.9 Å². The van der Waals surface area contributed by atoms with E-state index in [2.05, 4.69) is 56.6 Å². The van der Waals surface area contributed by atoms with E-state index in [0.29, 0.717) is 95.9 Å². The van der Waals surface area contributed by atoms with Gasteiger partial charge in [-0.25, -0.2) is 14.8 Å². The number of rotatable bonds is 14. The molecule has 0 aliphatic carbocycles. The molecule has 18 heteroatoms. The normalized spacial score (nSPS) is 16.6. The summed E-state index contributed by atoms with van der Waals surface area (Å²) in [5, 5.41) is 25.2. The topological polar surface area (TPSA) is 210 Å². The summed E-state index contributed by atoms with van der Waals surface area (Å²) in [7, 11) is 1.78. The first-order valence-corrected chi connectivity index (χ1v) is 25.9. The second-order valence-corrected chi connectivity index (χ2v) is 21.3. The van der Waals surface area contributed by atoms with Crippen LogP contribution < -0.4 is 25.6 Å². The number of carbonyl (C=O) groups excluding carboxylic acids is 4. The predicted octanol–water partition coefficient (Wildman–Crippen LogP) is 8.38. The highest BCUT2D eigenvalue weighted by Crippen LogP contribution is 2.42. The molecule has 2 fully saturated rings. The number of carbonyl (C=O) groups is 5. The lowest BCUT2D eigenvalue weighted by atomic mass is 9.80. The first kappa shape index (κ1) is 50.0. The van der Waals surface area contributed by atoms with Crippen molar-refractivity contribution >= 4 is 78.7 Å². The molecule has 3 aliphatic rings. The summed E-state index contributed by atoms with van der Waals surface area (Å²) in [5.74, 6) is -1.59. The molecule has 0 spiro atoms. The molecule has 6 heterocycles. The van der Waals surface area contributed by atoms with Crippen LogP contribution in [-0.2, 0) is 44.5 Å². The molecule has 10 rings (SSSR count). The SMILES string of the molecule is Cc1c(OCCOC2CCN(CC(=O)Nc3cccc4c(C5CCC(=O)NC5=O)nn(C)c34)CC2)cccc1-c1c(C(C)(C)C)cc(N2CCc3cccc(C(=O)Nc4nc5ccccc5s4)c3C2)nc1C(=O)O. The molecule has 3 aromatic heterocycles. The molecular weight excluding hydrogens is 959 g/mol. The van der Waals surface area contributed by atoms with Crippen LogP contribution in [0.4, 0.5) is 16.6 Å². The van der Waals surface area contributed by atoms with Crippen LogP contribution in [0.1, 0.15) is 101 Å². The van der Waals surface area contributed by atoms with E-state index in [1.54, 1.807) is 11.7 Å². The zero-order valence-electron chi connectivity index (χ0n) is 42.1. The minimum Gasteiger partial charge on any atom is -0.491 e. The van der Waals surface area contributed by atoms with Crippen molar-refractivity contribution in [1.29, 1.82) is 0 Å². The number of benzene rings is 4. The van der Waals surface area contributed by atoms with Gasteiger partial charge in [0.05, 0.1) is 52.3 Å². The van der Waals surface area contributed by atoms with Crippen LogP contribution in [0.2, 0.25) is 0 Å². The summed E-state index contributed by atoms with van der Waals surface area (Å²) < 4.78 is 15.3. The Morgan fingerprint density at radius 3 is 2.45 bits per heavy atom. The number of pyridine rings is 1. The fourth-order valence-electron chi connectivity index (χ4n) is 10.5. The molecule has 4 amide bonds. The minimum absolute atomic E-state index is 0.00196. The molecule has 0 saturated carbocycles. The highest BCUT2D eigenvalue weighted by Gasteiger charge is 2.34. The van der Waals surface area contributed by atoms with Gasteiger partial charge in [0.25, 0.3) is 5.91 Å². The molecule has 1 unspecified atom stereocenters. The van der Waals surface area contributed by atoms with E-state index in [9.17, 15) is 29.1 Å². The molecule has 17 nitrogen and oxygen atoms in total. The molecule has 2 saturated heterocycles. The van der Waals surface area contributed by atoms with Gasteiger partial charge in [-0.1, -0.05) is 80.6 Å². The number of aryl methyl sites for hydroxylation is 1. The van der Waals surface area contributed by atoms with Crippen LogP contribution in [0.25, 0.3) is 32.2 Å². The van der Waals surface area contributed by atoms with E-state index >= 15 is 0 Å². The number of nitrogens with one attached hydrogen (secondary N) is 3. The molecule has 1 atom stereocenters. The van der Waals surface area contributed by atoms with Crippen molar-refractivity contribution in [1.82, 2.24) is 30.0 Å². The summed E-state index contributed by atoms with van der Waals surface area (Å²) in [6, 6.07) is 26.7. The Kier molecular flexibility index (Phi) is 14.0. The van der Waals surface area contributed by atoms with E-state index in [4.69, 9.17) is 14.5 Å². The molecule has 3 aliphatic heterocycles. The summed E-state index contributed by atoms with van der Waals surface area (Å²) >= 11 is 1.42. The van der Waals surface area contributed by atoms with Crippen molar-refractivity contribution in [2.45, 2.75) is 83.8 Å². The second-order valence-electron chi connectivity index (χ2n) is 20.2. The van der Waals surface area contributed by atoms with Crippen LogP contribution in [0.5, 0.6) is 5.75 Å². The second kappa shape index (κ2) is 20.8. The molecule has 0 bridgehead atoms. The fraction of sp³-hybridized carbons (Fsp3) is 0.357. The maximum atomic E-state index is 13.8. The average Bonchev–Trinajstić information content (AvgIpc) is 3.95. The molecular formula is C56H59N9O8S. The van der Waals surface area contributed by atoms with Crippen LogP contribution in [0.3, 0.4) is 0 Å².